The monoisotopic (exact) mass is 230 g/mol. The van der Waals surface area contributed by atoms with E-state index in [1.165, 1.54) is 0 Å². The van der Waals surface area contributed by atoms with Crippen LogP contribution in [0, 0.1) is 6.85 Å². The molecule has 86 valence electrons. The highest BCUT2D eigenvalue weighted by atomic mass is 16.1. The molecule has 0 atom stereocenters. The van der Waals surface area contributed by atoms with Gasteiger partial charge in [-0.1, -0.05) is 0 Å². The Morgan fingerprint density at radius 3 is 3.06 bits per heavy atom. The third-order valence-electron chi connectivity index (χ3n) is 3.33. The zero-order chi connectivity index (χ0) is 14.5. The van der Waals surface area contributed by atoms with E-state index in [9.17, 15) is 4.79 Å². The van der Waals surface area contributed by atoms with Gasteiger partial charge in [0.25, 0.3) is 0 Å². The van der Waals surface area contributed by atoms with Gasteiger partial charge in [-0.15, -0.1) is 0 Å². The molecule has 17 heavy (non-hydrogen) atoms. The summed E-state index contributed by atoms with van der Waals surface area (Å²) >= 11 is 0. The number of fused-ring (bicyclic) bond motifs is 1. The Hall–Kier alpha value is -1.97. The molecule has 4 heteroatoms. The lowest BCUT2D eigenvalue weighted by Gasteiger charge is -2.14. The van der Waals surface area contributed by atoms with Crippen LogP contribution in [0.3, 0.4) is 0 Å². The summed E-state index contributed by atoms with van der Waals surface area (Å²) in [4.78, 5) is 19.9. The first-order valence-electron chi connectivity index (χ1n) is 6.91. The SMILES string of the molecule is [2H]C([2H])([2H])c1nc2ncccc2cc1C1(C(N)=O)CC1. The van der Waals surface area contributed by atoms with Gasteiger partial charge in [-0.25, -0.2) is 9.97 Å². The first-order valence-corrected chi connectivity index (χ1v) is 5.41. The van der Waals surface area contributed by atoms with Crippen molar-refractivity contribution in [3.63, 3.8) is 0 Å². The molecule has 1 amide bonds. The molecule has 0 bridgehead atoms. The molecule has 2 aromatic heterocycles. The predicted molar refractivity (Wildman–Crippen MR) is 64.4 cm³/mol. The van der Waals surface area contributed by atoms with Crippen LogP contribution in [0.2, 0.25) is 0 Å². The van der Waals surface area contributed by atoms with Gasteiger partial charge in [0.05, 0.1) is 5.41 Å². The molecule has 2 aromatic rings. The van der Waals surface area contributed by atoms with Gasteiger partial charge < -0.3 is 5.73 Å². The van der Waals surface area contributed by atoms with Crippen molar-refractivity contribution >= 4 is 16.9 Å². The van der Waals surface area contributed by atoms with Crippen molar-refractivity contribution in [1.82, 2.24) is 9.97 Å². The Morgan fingerprint density at radius 1 is 1.59 bits per heavy atom. The average molecular weight is 230 g/mol. The summed E-state index contributed by atoms with van der Waals surface area (Å²) in [5, 5.41) is 0.711. The number of hydrogen-bond acceptors (Lipinski definition) is 3. The van der Waals surface area contributed by atoms with E-state index in [4.69, 9.17) is 9.85 Å². The van der Waals surface area contributed by atoms with Crippen LogP contribution >= 0.6 is 0 Å². The number of nitrogens with zero attached hydrogens (tertiary/aromatic N) is 2. The van der Waals surface area contributed by atoms with Gasteiger partial charge in [-0.05, 0) is 43.5 Å². The van der Waals surface area contributed by atoms with Gasteiger partial charge >= 0.3 is 0 Å². The molecule has 1 saturated carbocycles. The molecule has 0 spiro atoms. The van der Waals surface area contributed by atoms with Crippen LogP contribution in [-0.4, -0.2) is 15.9 Å². The fourth-order valence-electron chi connectivity index (χ4n) is 2.14. The van der Waals surface area contributed by atoms with Gasteiger partial charge in [0.15, 0.2) is 5.65 Å². The van der Waals surface area contributed by atoms with E-state index < -0.39 is 18.2 Å². The number of rotatable bonds is 2. The molecular formula is C13H13N3O. The maximum atomic E-state index is 11.7. The van der Waals surface area contributed by atoms with Crippen LogP contribution in [0.15, 0.2) is 24.4 Å². The highest BCUT2D eigenvalue weighted by Gasteiger charge is 2.51. The molecule has 4 nitrogen and oxygen atoms in total. The molecule has 0 radical (unpaired) electrons. The average Bonchev–Trinajstić information content (AvgIpc) is 3.17. The Kier molecular flexibility index (Phi) is 1.41. The first-order chi connectivity index (χ1) is 9.34. The van der Waals surface area contributed by atoms with Crippen molar-refractivity contribution in [3.05, 3.63) is 35.7 Å². The molecule has 1 aliphatic carbocycles. The fourth-order valence-corrected chi connectivity index (χ4v) is 2.14. The van der Waals surface area contributed by atoms with E-state index in [1.54, 1.807) is 24.4 Å². The van der Waals surface area contributed by atoms with E-state index in [0.29, 0.717) is 29.4 Å². The summed E-state index contributed by atoms with van der Waals surface area (Å²) in [6.45, 7) is -2.40. The van der Waals surface area contributed by atoms with Crippen LogP contribution in [0.4, 0.5) is 0 Å². The molecular weight excluding hydrogens is 214 g/mol. The van der Waals surface area contributed by atoms with Crippen LogP contribution in [0.1, 0.15) is 28.2 Å². The lowest BCUT2D eigenvalue weighted by molar-refractivity contribution is -0.120. The maximum Gasteiger partial charge on any atom is 0.228 e. The van der Waals surface area contributed by atoms with E-state index in [2.05, 4.69) is 9.97 Å². The van der Waals surface area contributed by atoms with Crippen molar-refractivity contribution in [1.29, 1.82) is 0 Å². The number of primary amides is 1. The molecule has 2 N–H and O–H groups in total. The summed E-state index contributed by atoms with van der Waals surface area (Å²) in [7, 11) is 0. The minimum Gasteiger partial charge on any atom is -0.369 e. The highest BCUT2D eigenvalue weighted by Crippen LogP contribution is 2.49. The molecule has 1 aliphatic rings. The van der Waals surface area contributed by atoms with Crippen LogP contribution in [0.5, 0.6) is 0 Å². The van der Waals surface area contributed by atoms with Gasteiger partial charge in [-0.2, -0.15) is 0 Å². The van der Waals surface area contributed by atoms with Gasteiger partial charge in [0.1, 0.15) is 0 Å². The van der Waals surface area contributed by atoms with Gasteiger partial charge in [-0.3, -0.25) is 4.79 Å². The van der Waals surface area contributed by atoms with E-state index in [-0.39, 0.29) is 5.69 Å². The van der Waals surface area contributed by atoms with Crippen LogP contribution < -0.4 is 5.73 Å². The lowest BCUT2D eigenvalue weighted by Crippen LogP contribution is -2.29. The summed E-state index contributed by atoms with van der Waals surface area (Å²) in [6, 6.07) is 5.22. The second-order valence-corrected chi connectivity index (χ2v) is 4.38. The Labute approximate surface area is 103 Å². The number of nitrogens with two attached hydrogens (primary N) is 1. The first kappa shape index (κ1) is 7.37. The third kappa shape index (κ3) is 1.40. The molecule has 3 rings (SSSR count). The quantitative estimate of drug-likeness (QED) is 0.849. The largest absolute Gasteiger partial charge is 0.369 e. The van der Waals surface area contributed by atoms with Gasteiger partial charge in [0, 0.05) is 21.4 Å². The standard InChI is InChI=1S/C13H13N3O/c1-8-10(13(4-5-13)12(14)17)7-9-3-2-6-15-11(9)16-8/h2-3,6-7H,4-5H2,1H3,(H2,14,17)/i1D3. The number of hydrogen-bond donors (Lipinski definition) is 1. The molecule has 0 unspecified atom stereocenters. The second kappa shape index (κ2) is 3.26. The highest BCUT2D eigenvalue weighted by molar-refractivity contribution is 5.91. The topological polar surface area (TPSA) is 68.9 Å². The van der Waals surface area contributed by atoms with Crippen molar-refractivity contribution < 1.29 is 8.91 Å². The molecule has 2 heterocycles. The number of amides is 1. The number of carbonyl (C=O) groups is 1. The zero-order valence-corrected chi connectivity index (χ0v) is 9.10. The molecule has 0 saturated heterocycles. The minimum atomic E-state index is -2.40. The van der Waals surface area contributed by atoms with E-state index in [1.807, 2.05) is 0 Å². The lowest BCUT2D eigenvalue weighted by atomic mass is 9.93. The smallest absolute Gasteiger partial charge is 0.228 e. The maximum absolute atomic E-state index is 11.7. The van der Waals surface area contributed by atoms with Crippen molar-refractivity contribution in [2.45, 2.75) is 25.1 Å². The summed E-state index contributed by atoms with van der Waals surface area (Å²) in [5.41, 5.74) is 5.30. The second-order valence-electron chi connectivity index (χ2n) is 4.38. The Morgan fingerprint density at radius 2 is 2.41 bits per heavy atom. The summed E-state index contributed by atoms with van der Waals surface area (Å²) < 4.78 is 22.9. The van der Waals surface area contributed by atoms with Gasteiger partial charge in [0.2, 0.25) is 5.91 Å². The number of carbonyl (C=O) groups excluding carboxylic acids is 1. The molecule has 1 fully saturated rings. The van der Waals surface area contributed by atoms with Crippen molar-refractivity contribution in [2.24, 2.45) is 5.73 Å². The number of aromatic nitrogens is 2. The third-order valence-corrected chi connectivity index (χ3v) is 3.33. The predicted octanol–water partition coefficient (Wildman–Crippen LogP) is 1.46. The van der Waals surface area contributed by atoms with Crippen molar-refractivity contribution in [2.75, 3.05) is 0 Å². The zero-order valence-electron chi connectivity index (χ0n) is 12.1. The Balaban J connectivity index is 2.31. The summed E-state index contributed by atoms with van der Waals surface area (Å²) in [5.74, 6) is -0.493. The minimum absolute atomic E-state index is 0.0694. The van der Waals surface area contributed by atoms with Crippen LogP contribution in [-0.2, 0) is 10.2 Å². The summed E-state index contributed by atoms with van der Waals surface area (Å²) in [6.07, 6.45) is 2.69. The molecule has 0 aromatic carbocycles. The number of aryl methyl sites for hydroxylation is 1. The fraction of sp³-hybridized carbons (Fsp3) is 0.308. The van der Waals surface area contributed by atoms with E-state index >= 15 is 0 Å². The Bertz CT molecular complexity index is 708. The normalized spacial score (nSPS) is 20.4. The molecule has 0 aliphatic heterocycles. The van der Waals surface area contributed by atoms with Crippen LogP contribution in [0.25, 0.3) is 11.0 Å². The number of pyridine rings is 2. The van der Waals surface area contributed by atoms with E-state index in [0.717, 1.165) is 0 Å². The van der Waals surface area contributed by atoms with Crippen molar-refractivity contribution in [3.8, 4) is 0 Å².